The predicted octanol–water partition coefficient (Wildman–Crippen LogP) is 4.20. The molecule has 0 aromatic carbocycles. The lowest BCUT2D eigenvalue weighted by molar-refractivity contribution is 0.191. The first-order valence-electron chi connectivity index (χ1n) is 6.51. The Morgan fingerprint density at radius 3 is 2.35 bits per heavy atom. The van der Waals surface area contributed by atoms with E-state index in [0.29, 0.717) is 22.7 Å². The Balaban J connectivity index is 2.21. The van der Waals surface area contributed by atoms with Crippen molar-refractivity contribution in [2.24, 2.45) is 5.41 Å². The molecule has 0 bridgehead atoms. The van der Waals surface area contributed by atoms with Gasteiger partial charge in [0, 0.05) is 12.0 Å². The molecule has 1 aromatic rings. The van der Waals surface area contributed by atoms with E-state index < -0.39 is 0 Å². The fourth-order valence-electron chi connectivity index (χ4n) is 2.66. The maximum absolute atomic E-state index is 6.18. The highest BCUT2D eigenvalue weighted by Crippen LogP contribution is 2.41. The normalized spacial score (nSPS) is 21.1. The van der Waals surface area contributed by atoms with Crippen molar-refractivity contribution in [2.75, 3.05) is 0 Å². The molecule has 1 aliphatic carbocycles. The van der Waals surface area contributed by atoms with E-state index in [0.717, 1.165) is 5.82 Å². The van der Waals surface area contributed by atoms with E-state index in [4.69, 9.17) is 11.6 Å². The molecule has 0 radical (unpaired) electrons. The van der Waals surface area contributed by atoms with Gasteiger partial charge in [0.15, 0.2) is 0 Å². The Kier molecular flexibility index (Phi) is 3.48. The minimum Gasteiger partial charge on any atom is -0.298 e. The van der Waals surface area contributed by atoms with Crippen LogP contribution in [0.25, 0.3) is 0 Å². The van der Waals surface area contributed by atoms with Gasteiger partial charge in [0.05, 0.1) is 0 Å². The van der Waals surface area contributed by atoms with E-state index in [1.165, 1.54) is 25.7 Å². The van der Waals surface area contributed by atoms with Crippen molar-refractivity contribution < 1.29 is 0 Å². The van der Waals surface area contributed by atoms with Crippen molar-refractivity contribution in [3.8, 4) is 0 Å². The van der Waals surface area contributed by atoms with Gasteiger partial charge in [-0.1, -0.05) is 27.7 Å². The van der Waals surface area contributed by atoms with Crippen LogP contribution >= 0.6 is 11.6 Å². The van der Waals surface area contributed by atoms with Gasteiger partial charge in [-0.15, -0.1) is 10.2 Å². The van der Waals surface area contributed by atoms with Crippen molar-refractivity contribution in [3.63, 3.8) is 0 Å². The molecular weight excluding hydrogens is 234 g/mol. The second kappa shape index (κ2) is 4.60. The van der Waals surface area contributed by atoms with Crippen molar-refractivity contribution in [3.05, 3.63) is 11.1 Å². The topological polar surface area (TPSA) is 30.7 Å². The Morgan fingerprint density at radius 2 is 1.82 bits per heavy atom. The fourth-order valence-corrected chi connectivity index (χ4v) is 2.92. The molecule has 96 valence electrons. The van der Waals surface area contributed by atoms with E-state index in [9.17, 15) is 0 Å². The summed E-state index contributed by atoms with van der Waals surface area (Å²) < 4.78 is 2.15. The largest absolute Gasteiger partial charge is 0.298 e. The van der Waals surface area contributed by atoms with Crippen molar-refractivity contribution >= 4 is 11.6 Å². The van der Waals surface area contributed by atoms with Crippen molar-refractivity contribution in [2.45, 2.75) is 65.3 Å². The maximum Gasteiger partial charge on any atom is 0.225 e. The molecular formula is C13H22ClN3. The second-order valence-corrected chi connectivity index (χ2v) is 6.59. The van der Waals surface area contributed by atoms with Crippen LogP contribution in [0.1, 0.15) is 71.2 Å². The number of hydrogen-bond donors (Lipinski definition) is 0. The number of halogens is 1. The molecule has 0 spiro atoms. The first-order valence-corrected chi connectivity index (χ1v) is 6.89. The molecule has 1 fully saturated rings. The molecule has 0 amide bonds. The Bertz CT molecular complexity index is 385. The Labute approximate surface area is 109 Å². The molecule has 0 atom stereocenters. The molecule has 17 heavy (non-hydrogen) atoms. The molecule has 0 saturated heterocycles. The van der Waals surface area contributed by atoms with Gasteiger partial charge in [-0.25, -0.2) is 0 Å². The molecule has 3 nitrogen and oxygen atoms in total. The predicted molar refractivity (Wildman–Crippen MR) is 70.4 cm³/mol. The molecule has 1 saturated carbocycles. The van der Waals surface area contributed by atoms with E-state index in [2.05, 4.69) is 42.5 Å². The van der Waals surface area contributed by atoms with Gasteiger partial charge >= 0.3 is 0 Å². The highest BCUT2D eigenvalue weighted by atomic mass is 35.5. The van der Waals surface area contributed by atoms with Gasteiger partial charge in [0.25, 0.3) is 0 Å². The average Bonchev–Trinajstić information content (AvgIpc) is 2.61. The van der Waals surface area contributed by atoms with Gasteiger partial charge < -0.3 is 0 Å². The molecule has 4 heteroatoms. The van der Waals surface area contributed by atoms with Crippen LogP contribution in [0.2, 0.25) is 5.28 Å². The van der Waals surface area contributed by atoms with Crippen LogP contribution in [0, 0.1) is 5.41 Å². The summed E-state index contributed by atoms with van der Waals surface area (Å²) in [6, 6.07) is 0.489. The summed E-state index contributed by atoms with van der Waals surface area (Å²) in [5, 5.41) is 8.79. The summed E-state index contributed by atoms with van der Waals surface area (Å²) in [6.45, 7) is 8.98. The Morgan fingerprint density at radius 1 is 1.24 bits per heavy atom. The molecule has 2 rings (SSSR count). The monoisotopic (exact) mass is 255 g/mol. The molecule has 0 aliphatic heterocycles. The number of hydrogen-bond acceptors (Lipinski definition) is 2. The van der Waals surface area contributed by atoms with Gasteiger partial charge in [0.2, 0.25) is 5.28 Å². The summed E-state index contributed by atoms with van der Waals surface area (Å²) in [5.41, 5.74) is 0.481. The molecule has 1 aromatic heterocycles. The second-order valence-electron chi connectivity index (χ2n) is 6.25. The van der Waals surface area contributed by atoms with Gasteiger partial charge in [-0.05, 0) is 42.7 Å². The minimum atomic E-state index is 0.380. The first-order chi connectivity index (χ1) is 7.91. The van der Waals surface area contributed by atoms with Crippen LogP contribution in [0.3, 0.4) is 0 Å². The Hall–Kier alpha value is -0.570. The first kappa shape index (κ1) is 12.9. The maximum atomic E-state index is 6.18. The van der Waals surface area contributed by atoms with E-state index in [-0.39, 0.29) is 0 Å². The van der Waals surface area contributed by atoms with Crippen molar-refractivity contribution in [1.82, 2.24) is 14.8 Å². The fraction of sp³-hybridized carbons (Fsp3) is 0.846. The number of aromatic nitrogens is 3. The zero-order chi connectivity index (χ0) is 12.6. The zero-order valence-electron chi connectivity index (χ0n) is 11.2. The third-order valence-electron chi connectivity index (χ3n) is 3.87. The van der Waals surface area contributed by atoms with Crippen LogP contribution < -0.4 is 0 Å². The van der Waals surface area contributed by atoms with Crippen LogP contribution in [0.15, 0.2) is 0 Å². The van der Waals surface area contributed by atoms with Gasteiger partial charge in [-0.3, -0.25) is 4.57 Å². The summed E-state index contributed by atoms with van der Waals surface area (Å²) in [4.78, 5) is 0. The highest BCUT2D eigenvalue weighted by molar-refractivity contribution is 6.28. The number of nitrogens with zero attached hydrogens (tertiary/aromatic N) is 3. The molecule has 0 unspecified atom stereocenters. The SMILES string of the molecule is CC(C)c1nnc(Cl)n1C1CCC(C)(C)CC1. The van der Waals surface area contributed by atoms with Crippen LogP contribution in [0.4, 0.5) is 0 Å². The lowest BCUT2D eigenvalue weighted by atomic mass is 9.75. The average molecular weight is 256 g/mol. The highest BCUT2D eigenvalue weighted by Gasteiger charge is 2.30. The smallest absolute Gasteiger partial charge is 0.225 e. The van der Waals surface area contributed by atoms with E-state index in [1.54, 1.807) is 0 Å². The zero-order valence-corrected chi connectivity index (χ0v) is 12.0. The van der Waals surface area contributed by atoms with E-state index >= 15 is 0 Å². The third kappa shape index (κ3) is 2.65. The lowest BCUT2D eigenvalue weighted by Gasteiger charge is -2.35. The lowest BCUT2D eigenvalue weighted by Crippen LogP contribution is -2.24. The summed E-state index contributed by atoms with van der Waals surface area (Å²) in [7, 11) is 0. The van der Waals surface area contributed by atoms with Gasteiger partial charge in [-0.2, -0.15) is 0 Å². The van der Waals surface area contributed by atoms with Crippen LogP contribution in [-0.2, 0) is 0 Å². The van der Waals surface area contributed by atoms with Crippen LogP contribution in [-0.4, -0.2) is 14.8 Å². The molecule has 1 aliphatic rings. The quantitative estimate of drug-likeness (QED) is 0.793. The minimum absolute atomic E-state index is 0.380. The molecule has 1 heterocycles. The third-order valence-corrected chi connectivity index (χ3v) is 4.13. The number of rotatable bonds is 2. The summed E-state index contributed by atoms with van der Waals surface area (Å²) in [6.07, 6.45) is 4.88. The van der Waals surface area contributed by atoms with Crippen LogP contribution in [0.5, 0.6) is 0 Å². The van der Waals surface area contributed by atoms with E-state index in [1.807, 2.05) is 0 Å². The standard InChI is InChI=1S/C13H22ClN3/c1-9(2)11-15-16-12(14)17(11)10-5-7-13(3,4)8-6-10/h9-10H,5-8H2,1-4H3. The summed E-state index contributed by atoms with van der Waals surface area (Å²) in [5.74, 6) is 1.41. The van der Waals surface area contributed by atoms with Crippen molar-refractivity contribution in [1.29, 1.82) is 0 Å². The van der Waals surface area contributed by atoms with Gasteiger partial charge in [0.1, 0.15) is 5.82 Å². The summed E-state index contributed by atoms with van der Waals surface area (Å²) >= 11 is 6.18. The molecule has 0 N–H and O–H groups in total.